The second kappa shape index (κ2) is 3.06. The quantitative estimate of drug-likeness (QED) is 0.559. The van der Waals surface area contributed by atoms with Crippen molar-refractivity contribution in [1.82, 2.24) is 0 Å². The van der Waals surface area contributed by atoms with E-state index in [1.807, 2.05) is 0 Å². The summed E-state index contributed by atoms with van der Waals surface area (Å²) < 4.78 is 0. The predicted molar refractivity (Wildman–Crippen MR) is 58.7 cm³/mol. The van der Waals surface area contributed by atoms with Crippen molar-refractivity contribution in [1.29, 1.82) is 0 Å². The average Bonchev–Trinajstić information content (AvgIpc) is 2.61. The monoisotopic (exact) mass is 190 g/mol. The molecule has 0 saturated carbocycles. The molecule has 1 heteroatoms. The first-order chi connectivity index (χ1) is 6.43. The lowest BCUT2D eigenvalue weighted by molar-refractivity contribution is 0.832. The Kier molecular flexibility index (Phi) is 1.86. The van der Waals surface area contributed by atoms with Crippen molar-refractivity contribution in [2.45, 2.75) is 32.1 Å². The van der Waals surface area contributed by atoms with E-state index in [0.29, 0.717) is 0 Å². The Morgan fingerprint density at radius 3 is 3.08 bits per heavy atom. The first-order valence-corrected chi connectivity index (χ1v) is 6.13. The number of rotatable bonds is 0. The van der Waals surface area contributed by atoms with Crippen molar-refractivity contribution in [2.75, 3.05) is 5.75 Å². The summed E-state index contributed by atoms with van der Waals surface area (Å²) in [6.45, 7) is 0. The zero-order valence-corrected chi connectivity index (χ0v) is 8.62. The van der Waals surface area contributed by atoms with E-state index in [4.69, 9.17) is 0 Å². The molecule has 0 bridgehead atoms. The maximum atomic E-state index is 2.36. The summed E-state index contributed by atoms with van der Waals surface area (Å²) in [6.07, 6.45) is 11.2. The van der Waals surface area contributed by atoms with Gasteiger partial charge in [0.1, 0.15) is 0 Å². The van der Waals surface area contributed by atoms with Crippen molar-refractivity contribution < 1.29 is 0 Å². The van der Waals surface area contributed by atoms with Crippen LogP contribution < -0.4 is 0 Å². The second-order valence-corrected chi connectivity index (χ2v) is 5.24. The molecule has 3 rings (SSSR count). The van der Waals surface area contributed by atoms with Gasteiger partial charge in [-0.05, 0) is 36.2 Å². The Bertz CT molecular complexity index is 331. The van der Waals surface area contributed by atoms with E-state index in [9.17, 15) is 0 Å². The minimum atomic E-state index is 1.26. The van der Waals surface area contributed by atoms with Crippen molar-refractivity contribution in [2.24, 2.45) is 0 Å². The molecule has 0 nitrogen and oxygen atoms in total. The highest BCUT2D eigenvalue weighted by molar-refractivity contribution is 8.03. The standard InChI is InChI=1S/C12H14S/c1-2-4-10-8-12-11(5-6-13-12)7-9(10)3-1/h2,4H,1,3,5-8H2. The lowest BCUT2D eigenvalue weighted by atomic mass is 9.85. The molecule has 0 fully saturated rings. The maximum absolute atomic E-state index is 2.36. The SMILES string of the molecule is C1=CC2=C(CC1)CC1=C(C2)SCC1. The van der Waals surface area contributed by atoms with E-state index in [2.05, 4.69) is 23.9 Å². The summed E-state index contributed by atoms with van der Waals surface area (Å²) in [6, 6.07) is 0. The van der Waals surface area contributed by atoms with Crippen molar-refractivity contribution in [3.63, 3.8) is 0 Å². The molecule has 0 aromatic rings. The van der Waals surface area contributed by atoms with Gasteiger partial charge in [0.15, 0.2) is 0 Å². The van der Waals surface area contributed by atoms with Crippen LogP contribution in [0.2, 0.25) is 0 Å². The van der Waals surface area contributed by atoms with Crippen LogP contribution in [0.4, 0.5) is 0 Å². The van der Waals surface area contributed by atoms with Crippen LogP contribution in [0.1, 0.15) is 32.1 Å². The normalized spacial score (nSPS) is 26.5. The summed E-state index contributed by atoms with van der Waals surface area (Å²) in [4.78, 5) is 1.70. The number of thioether (sulfide) groups is 1. The first kappa shape index (κ1) is 7.93. The van der Waals surface area contributed by atoms with Gasteiger partial charge in [0.25, 0.3) is 0 Å². The molecule has 0 radical (unpaired) electrons. The van der Waals surface area contributed by atoms with E-state index in [1.165, 1.54) is 37.9 Å². The molecule has 13 heavy (non-hydrogen) atoms. The molecule has 0 N–H and O–H groups in total. The van der Waals surface area contributed by atoms with Gasteiger partial charge in [0, 0.05) is 12.2 Å². The summed E-state index contributed by atoms with van der Waals surface area (Å²) >= 11 is 2.09. The van der Waals surface area contributed by atoms with E-state index in [-0.39, 0.29) is 0 Å². The van der Waals surface area contributed by atoms with Gasteiger partial charge >= 0.3 is 0 Å². The minimum Gasteiger partial charge on any atom is -0.130 e. The summed E-state index contributed by atoms with van der Waals surface area (Å²) in [7, 11) is 0. The Balaban J connectivity index is 1.91. The van der Waals surface area contributed by atoms with E-state index in [1.54, 1.807) is 21.6 Å². The van der Waals surface area contributed by atoms with Gasteiger partial charge in [0.05, 0.1) is 0 Å². The average molecular weight is 190 g/mol. The molecule has 68 valence electrons. The smallest absolute Gasteiger partial charge is 0.00336 e. The van der Waals surface area contributed by atoms with Crippen LogP contribution >= 0.6 is 11.8 Å². The maximum Gasteiger partial charge on any atom is 0.00336 e. The Hall–Kier alpha value is -0.430. The minimum absolute atomic E-state index is 1.26. The Labute approximate surface area is 83.8 Å². The molecule has 1 heterocycles. The van der Waals surface area contributed by atoms with Gasteiger partial charge in [-0.25, -0.2) is 0 Å². The van der Waals surface area contributed by atoms with E-state index in [0.717, 1.165) is 0 Å². The molecule has 0 aromatic carbocycles. The highest BCUT2D eigenvalue weighted by Crippen LogP contribution is 2.45. The van der Waals surface area contributed by atoms with Crippen LogP contribution in [0.3, 0.4) is 0 Å². The third-order valence-electron chi connectivity index (χ3n) is 3.24. The summed E-state index contributed by atoms with van der Waals surface area (Å²) in [5.41, 5.74) is 5.14. The summed E-state index contributed by atoms with van der Waals surface area (Å²) in [5, 5.41) is 0. The number of hydrogen-bond acceptors (Lipinski definition) is 1. The molecule has 0 unspecified atom stereocenters. The molecule has 0 aromatic heterocycles. The van der Waals surface area contributed by atoms with Gasteiger partial charge in [-0.15, -0.1) is 11.8 Å². The molecule has 0 atom stereocenters. The molecular formula is C12H14S. The van der Waals surface area contributed by atoms with Crippen molar-refractivity contribution in [3.8, 4) is 0 Å². The zero-order chi connectivity index (χ0) is 8.67. The van der Waals surface area contributed by atoms with Crippen molar-refractivity contribution in [3.05, 3.63) is 33.8 Å². The summed E-state index contributed by atoms with van der Waals surface area (Å²) in [5.74, 6) is 1.34. The van der Waals surface area contributed by atoms with Crippen LogP contribution in [-0.2, 0) is 0 Å². The Morgan fingerprint density at radius 2 is 2.08 bits per heavy atom. The molecule has 0 amide bonds. The fourth-order valence-corrected chi connectivity index (χ4v) is 3.71. The van der Waals surface area contributed by atoms with Crippen LogP contribution in [0, 0.1) is 0 Å². The van der Waals surface area contributed by atoms with Gasteiger partial charge in [-0.3, -0.25) is 0 Å². The molecular weight excluding hydrogens is 176 g/mol. The topological polar surface area (TPSA) is 0 Å². The van der Waals surface area contributed by atoms with Crippen LogP contribution in [-0.4, -0.2) is 5.75 Å². The largest absolute Gasteiger partial charge is 0.130 e. The lowest BCUT2D eigenvalue weighted by Crippen LogP contribution is -2.03. The van der Waals surface area contributed by atoms with Crippen LogP contribution in [0.5, 0.6) is 0 Å². The van der Waals surface area contributed by atoms with Gasteiger partial charge in [0.2, 0.25) is 0 Å². The van der Waals surface area contributed by atoms with Crippen LogP contribution in [0.15, 0.2) is 33.8 Å². The zero-order valence-electron chi connectivity index (χ0n) is 7.81. The lowest BCUT2D eigenvalue weighted by Gasteiger charge is -2.22. The third-order valence-corrected chi connectivity index (χ3v) is 4.43. The predicted octanol–water partition coefficient (Wildman–Crippen LogP) is 3.82. The van der Waals surface area contributed by atoms with E-state index >= 15 is 0 Å². The van der Waals surface area contributed by atoms with Crippen LogP contribution in [0.25, 0.3) is 0 Å². The van der Waals surface area contributed by atoms with E-state index < -0.39 is 0 Å². The van der Waals surface area contributed by atoms with Gasteiger partial charge < -0.3 is 0 Å². The molecule has 0 spiro atoms. The highest BCUT2D eigenvalue weighted by Gasteiger charge is 2.23. The molecule has 3 aliphatic rings. The second-order valence-electron chi connectivity index (χ2n) is 4.05. The Morgan fingerprint density at radius 1 is 1.08 bits per heavy atom. The third kappa shape index (κ3) is 1.30. The first-order valence-electron chi connectivity index (χ1n) is 5.14. The molecule has 1 aliphatic heterocycles. The molecule has 2 aliphatic carbocycles. The fourth-order valence-electron chi connectivity index (χ4n) is 2.48. The van der Waals surface area contributed by atoms with Gasteiger partial charge in [-0.1, -0.05) is 23.3 Å². The number of allylic oxidation sites excluding steroid dienone is 6. The molecule has 0 saturated heterocycles. The highest BCUT2D eigenvalue weighted by atomic mass is 32.2. The van der Waals surface area contributed by atoms with Crippen molar-refractivity contribution >= 4 is 11.8 Å². The fraction of sp³-hybridized carbons (Fsp3) is 0.500. The number of hydrogen-bond donors (Lipinski definition) is 0. The van der Waals surface area contributed by atoms with Gasteiger partial charge in [-0.2, -0.15) is 0 Å².